The van der Waals surface area contributed by atoms with Gasteiger partial charge in [-0.1, -0.05) is 48.6 Å². The van der Waals surface area contributed by atoms with Gasteiger partial charge in [0.2, 0.25) is 15.9 Å². The normalized spacial score (nSPS) is 23.5. The molecule has 0 aliphatic carbocycles. The second kappa shape index (κ2) is 10.5. The van der Waals surface area contributed by atoms with Crippen molar-refractivity contribution in [1.29, 1.82) is 0 Å². The van der Waals surface area contributed by atoms with Gasteiger partial charge in [0.05, 0.1) is 30.1 Å². The number of sulfonamides is 1. The van der Waals surface area contributed by atoms with Gasteiger partial charge in [0.15, 0.2) is 0 Å². The van der Waals surface area contributed by atoms with Crippen LogP contribution in [-0.2, 0) is 19.6 Å². The Morgan fingerprint density at radius 1 is 0.970 bits per heavy atom. The van der Waals surface area contributed by atoms with Crippen LogP contribution in [0.2, 0.25) is 0 Å². The fourth-order valence-corrected chi connectivity index (χ4v) is 5.35. The number of nitrogens with zero attached hydrogens (tertiary/aromatic N) is 2. The lowest BCUT2D eigenvalue weighted by molar-refractivity contribution is -0.135. The van der Waals surface area contributed by atoms with E-state index in [9.17, 15) is 18.3 Å². The number of hydrogen-bond acceptors (Lipinski definition) is 6. The van der Waals surface area contributed by atoms with Crippen LogP contribution >= 0.6 is 0 Å². The summed E-state index contributed by atoms with van der Waals surface area (Å²) in [5, 5.41) is 9.77. The second-order valence-corrected chi connectivity index (χ2v) is 9.86. The zero-order valence-corrected chi connectivity index (χ0v) is 19.1. The highest BCUT2D eigenvalue weighted by Crippen LogP contribution is 2.20. The van der Waals surface area contributed by atoms with E-state index in [1.807, 2.05) is 23.1 Å². The summed E-state index contributed by atoms with van der Waals surface area (Å²) in [5.74, 6) is -0.0163. The molecule has 9 heteroatoms. The van der Waals surface area contributed by atoms with Crippen molar-refractivity contribution in [2.45, 2.75) is 29.6 Å². The first-order valence-electron chi connectivity index (χ1n) is 11.1. The van der Waals surface area contributed by atoms with E-state index < -0.39 is 28.3 Å². The van der Waals surface area contributed by atoms with Crippen LogP contribution in [0.25, 0.3) is 0 Å². The van der Waals surface area contributed by atoms with Crippen molar-refractivity contribution in [3.8, 4) is 0 Å². The van der Waals surface area contributed by atoms with Crippen molar-refractivity contribution in [3.05, 3.63) is 72.8 Å². The van der Waals surface area contributed by atoms with Crippen LogP contribution in [0.3, 0.4) is 0 Å². The van der Waals surface area contributed by atoms with Gasteiger partial charge in [0.1, 0.15) is 6.10 Å². The van der Waals surface area contributed by atoms with Crippen LogP contribution in [0.15, 0.2) is 77.7 Å². The summed E-state index contributed by atoms with van der Waals surface area (Å²) in [6.07, 6.45) is 2.22. The molecular formula is C24H29N3O5S. The molecule has 0 aromatic heterocycles. The Hall–Kier alpha value is -2.72. The molecule has 1 fully saturated rings. The maximum Gasteiger partial charge on any atom is 0.241 e. The van der Waals surface area contributed by atoms with Crippen molar-refractivity contribution >= 4 is 21.6 Å². The zero-order valence-electron chi connectivity index (χ0n) is 18.3. The highest BCUT2D eigenvalue weighted by Gasteiger charge is 2.32. The van der Waals surface area contributed by atoms with Crippen molar-refractivity contribution in [3.63, 3.8) is 0 Å². The van der Waals surface area contributed by atoms with Crippen molar-refractivity contribution < 1.29 is 23.1 Å². The standard InChI is InChI=1S/C24H29N3O5S/c28-18-23-22(25-33(30,31)21-9-5-2-6-10-21)12-11-20(32-23)17-24(29)27-15-13-26(14-16-27)19-7-3-1-4-8-19/h1-12,20,22-23,25,28H,13-18H2/t20-,22+,23-/m0/s1. The summed E-state index contributed by atoms with van der Waals surface area (Å²) in [6.45, 7) is 2.42. The number of benzene rings is 2. The van der Waals surface area contributed by atoms with Crippen LogP contribution in [0.1, 0.15) is 6.42 Å². The predicted molar refractivity (Wildman–Crippen MR) is 125 cm³/mol. The number of rotatable bonds is 7. The van der Waals surface area contributed by atoms with Crippen LogP contribution in [0.5, 0.6) is 0 Å². The number of anilines is 1. The molecule has 176 valence electrons. The van der Waals surface area contributed by atoms with E-state index >= 15 is 0 Å². The first-order chi connectivity index (χ1) is 16.0. The molecule has 33 heavy (non-hydrogen) atoms. The largest absolute Gasteiger partial charge is 0.394 e. The Morgan fingerprint density at radius 3 is 2.24 bits per heavy atom. The van der Waals surface area contributed by atoms with Crippen molar-refractivity contribution in [2.75, 3.05) is 37.7 Å². The van der Waals surface area contributed by atoms with Crippen molar-refractivity contribution in [1.82, 2.24) is 9.62 Å². The Kier molecular flexibility index (Phi) is 7.44. The number of aliphatic hydroxyl groups excluding tert-OH is 1. The molecule has 2 aliphatic heterocycles. The first kappa shape index (κ1) is 23.4. The number of para-hydroxylation sites is 1. The molecular weight excluding hydrogens is 442 g/mol. The zero-order chi connectivity index (χ0) is 23.3. The molecule has 0 unspecified atom stereocenters. The number of hydrogen-bond donors (Lipinski definition) is 2. The molecule has 3 atom stereocenters. The second-order valence-electron chi connectivity index (χ2n) is 8.15. The average molecular weight is 472 g/mol. The first-order valence-corrected chi connectivity index (χ1v) is 12.5. The van der Waals surface area contributed by atoms with Gasteiger partial charge in [-0.05, 0) is 24.3 Å². The molecule has 0 saturated carbocycles. The third-order valence-corrected chi connectivity index (χ3v) is 7.41. The molecule has 4 rings (SSSR count). The lowest BCUT2D eigenvalue weighted by Gasteiger charge is -2.37. The molecule has 0 spiro atoms. The number of piperazine rings is 1. The SMILES string of the molecule is O=C(C[C@@H]1C=C[C@@H](NS(=O)(=O)c2ccccc2)[C@H](CO)O1)N1CCN(c2ccccc2)CC1. The molecule has 0 bridgehead atoms. The fourth-order valence-electron chi connectivity index (χ4n) is 4.11. The third-order valence-electron chi connectivity index (χ3n) is 5.94. The van der Waals surface area contributed by atoms with E-state index in [1.54, 1.807) is 30.4 Å². The summed E-state index contributed by atoms with van der Waals surface area (Å²) in [5.41, 5.74) is 1.15. The summed E-state index contributed by atoms with van der Waals surface area (Å²) >= 11 is 0. The maximum atomic E-state index is 12.8. The highest BCUT2D eigenvalue weighted by atomic mass is 32.2. The topological polar surface area (TPSA) is 99.2 Å². The molecule has 8 nitrogen and oxygen atoms in total. The van der Waals surface area contributed by atoms with Crippen LogP contribution < -0.4 is 9.62 Å². The fraction of sp³-hybridized carbons (Fsp3) is 0.375. The van der Waals surface area contributed by atoms with E-state index in [2.05, 4.69) is 21.8 Å². The Labute approximate surface area is 194 Å². The van der Waals surface area contributed by atoms with Gasteiger partial charge in [0, 0.05) is 31.9 Å². The van der Waals surface area contributed by atoms with E-state index in [1.165, 1.54) is 12.1 Å². The molecule has 1 amide bonds. The minimum absolute atomic E-state index is 0.0163. The number of nitrogens with one attached hydrogen (secondary N) is 1. The number of amides is 1. The summed E-state index contributed by atoms with van der Waals surface area (Å²) in [4.78, 5) is 17.0. The van der Waals surface area contributed by atoms with Gasteiger partial charge in [0.25, 0.3) is 0 Å². The third kappa shape index (κ3) is 5.80. The van der Waals surface area contributed by atoms with Gasteiger partial charge in [-0.2, -0.15) is 0 Å². The lowest BCUT2D eigenvalue weighted by atomic mass is 10.1. The van der Waals surface area contributed by atoms with Crippen molar-refractivity contribution in [2.24, 2.45) is 0 Å². The van der Waals surface area contributed by atoms with Gasteiger partial charge in [-0.25, -0.2) is 13.1 Å². The van der Waals surface area contributed by atoms with Gasteiger partial charge in [-0.15, -0.1) is 0 Å². The molecule has 0 radical (unpaired) electrons. The molecule has 2 N–H and O–H groups in total. The number of carbonyl (C=O) groups excluding carboxylic acids is 1. The van der Waals surface area contributed by atoms with Gasteiger partial charge >= 0.3 is 0 Å². The summed E-state index contributed by atoms with van der Waals surface area (Å²) < 4.78 is 33.6. The Balaban J connectivity index is 1.32. The van der Waals surface area contributed by atoms with Gasteiger partial charge in [-0.3, -0.25) is 4.79 Å². The van der Waals surface area contributed by atoms with E-state index in [4.69, 9.17) is 4.74 Å². The summed E-state index contributed by atoms with van der Waals surface area (Å²) in [7, 11) is -3.76. The maximum absolute atomic E-state index is 12.8. The number of aliphatic hydroxyl groups is 1. The minimum Gasteiger partial charge on any atom is -0.394 e. The average Bonchev–Trinajstić information content (AvgIpc) is 2.86. The molecule has 2 aromatic carbocycles. The van der Waals surface area contributed by atoms with E-state index in [0.717, 1.165) is 18.8 Å². The quantitative estimate of drug-likeness (QED) is 0.592. The molecule has 2 heterocycles. The minimum atomic E-state index is -3.76. The molecule has 1 saturated heterocycles. The highest BCUT2D eigenvalue weighted by molar-refractivity contribution is 7.89. The smallest absolute Gasteiger partial charge is 0.241 e. The predicted octanol–water partition coefficient (Wildman–Crippen LogP) is 1.39. The van der Waals surface area contributed by atoms with E-state index in [0.29, 0.717) is 13.1 Å². The monoisotopic (exact) mass is 471 g/mol. The van der Waals surface area contributed by atoms with Crippen LogP contribution in [0, 0.1) is 0 Å². The van der Waals surface area contributed by atoms with Crippen LogP contribution in [-0.4, -0.2) is 75.4 Å². The van der Waals surface area contributed by atoms with Gasteiger partial charge < -0.3 is 19.6 Å². The number of ether oxygens (including phenoxy) is 1. The molecule has 2 aromatic rings. The lowest BCUT2D eigenvalue weighted by Crippen LogP contribution is -2.51. The Bertz CT molecular complexity index is 1050. The number of carbonyl (C=O) groups is 1. The Morgan fingerprint density at radius 2 is 1.61 bits per heavy atom. The van der Waals surface area contributed by atoms with Crippen LogP contribution in [0.4, 0.5) is 5.69 Å². The summed E-state index contributed by atoms with van der Waals surface area (Å²) in [6, 6.07) is 17.4. The van der Waals surface area contributed by atoms with E-state index in [-0.39, 0.29) is 23.8 Å². The molecule has 2 aliphatic rings.